The predicted molar refractivity (Wildman–Crippen MR) is 50.4 cm³/mol. The standard InChI is InChI=1S/C8H17N3O2/c1-4-9-7(12)5-10-8(13)11-6(2)3/h6H,4-5H2,1-3H3,(H,9,12)(H2,10,11,13). The van der Waals surface area contributed by atoms with Crippen LogP contribution in [0.3, 0.4) is 0 Å². The van der Waals surface area contributed by atoms with Gasteiger partial charge in [-0.3, -0.25) is 4.79 Å². The zero-order valence-corrected chi connectivity index (χ0v) is 8.31. The van der Waals surface area contributed by atoms with Gasteiger partial charge in [-0.25, -0.2) is 4.79 Å². The molecule has 0 aromatic heterocycles. The topological polar surface area (TPSA) is 70.2 Å². The minimum atomic E-state index is -0.318. The molecular weight excluding hydrogens is 170 g/mol. The fourth-order valence-electron chi connectivity index (χ4n) is 0.733. The molecule has 5 nitrogen and oxygen atoms in total. The predicted octanol–water partition coefficient (Wildman–Crippen LogP) is -0.170. The van der Waals surface area contributed by atoms with Crippen molar-refractivity contribution in [2.45, 2.75) is 26.8 Å². The Morgan fingerprint density at radius 2 is 1.85 bits per heavy atom. The van der Waals surface area contributed by atoms with Crippen molar-refractivity contribution >= 4 is 11.9 Å². The second-order valence-corrected chi connectivity index (χ2v) is 2.94. The Balaban J connectivity index is 3.52. The first-order valence-corrected chi connectivity index (χ1v) is 4.37. The molecule has 0 aromatic carbocycles. The van der Waals surface area contributed by atoms with Crippen molar-refractivity contribution in [1.82, 2.24) is 16.0 Å². The zero-order chi connectivity index (χ0) is 10.3. The van der Waals surface area contributed by atoms with E-state index in [1.54, 1.807) is 0 Å². The van der Waals surface area contributed by atoms with E-state index < -0.39 is 0 Å². The first-order chi connectivity index (χ1) is 6.06. The van der Waals surface area contributed by atoms with Crippen LogP contribution >= 0.6 is 0 Å². The molecule has 0 aliphatic rings. The summed E-state index contributed by atoms with van der Waals surface area (Å²) in [5.41, 5.74) is 0. The molecule has 3 amide bonds. The van der Waals surface area contributed by atoms with E-state index in [9.17, 15) is 9.59 Å². The molecule has 0 saturated heterocycles. The van der Waals surface area contributed by atoms with Crippen molar-refractivity contribution in [2.24, 2.45) is 0 Å². The molecule has 0 aromatic rings. The summed E-state index contributed by atoms with van der Waals surface area (Å²) in [6.45, 7) is 6.13. The van der Waals surface area contributed by atoms with Gasteiger partial charge in [0.05, 0.1) is 6.54 Å². The smallest absolute Gasteiger partial charge is 0.315 e. The summed E-state index contributed by atoms with van der Waals surface area (Å²) in [6.07, 6.45) is 0. The van der Waals surface area contributed by atoms with E-state index in [-0.39, 0.29) is 24.5 Å². The maximum atomic E-state index is 11.0. The maximum absolute atomic E-state index is 11.0. The molecule has 0 spiro atoms. The number of urea groups is 1. The van der Waals surface area contributed by atoms with E-state index in [0.717, 1.165) is 0 Å². The third-order valence-corrected chi connectivity index (χ3v) is 1.20. The van der Waals surface area contributed by atoms with E-state index in [1.165, 1.54) is 0 Å². The molecule has 13 heavy (non-hydrogen) atoms. The van der Waals surface area contributed by atoms with Gasteiger partial charge in [-0.05, 0) is 20.8 Å². The Morgan fingerprint density at radius 3 is 2.31 bits per heavy atom. The summed E-state index contributed by atoms with van der Waals surface area (Å²) in [6, 6.07) is -0.240. The highest BCUT2D eigenvalue weighted by molar-refractivity contribution is 5.83. The fourth-order valence-corrected chi connectivity index (χ4v) is 0.733. The first kappa shape index (κ1) is 11.7. The second-order valence-electron chi connectivity index (χ2n) is 2.94. The molecule has 0 saturated carbocycles. The van der Waals surface area contributed by atoms with Gasteiger partial charge >= 0.3 is 6.03 Å². The number of rotatable bonds is 4. The molecule has 0 fully saturated rings. The number of hydrogen-bond donors (Lipinski definition) is 3. The summed E-state index contributed by atoms with van der Waals surface area (Å²) < 4.78 is 0. The number of nitrogens with one attached hydrogen (secondary N) is 3. The van der Waals surface area contributed by atoms with Gasteiger partial charge in [0.2, 0.25) is 5.91 Å². The Bertz CT molecular complexity index is 180. The molecule has 0 radical (unpaired) electrons. The van der Waals surface area contributed by atoms with Crippen LogP contribution in [0, 0.1) is 0 Å². The van der Waals surface area contributed by atoms with Crippen molar-refractivity contribution in [2.75, 3.05) is 13.1 Å². The Kier molecular flexibility index (Phi) is 5.67. The molecule has 0 rings (SSSR count). The van der Waals surface area contributed by atoms with E-state index in [0.29, 0.717) is 6.54 Å². The second kappa shape index (κ2) is 6.28. The summed E-state index contributed by atoms with van der Waals surface area (Å²) in [7, 11) is 0. The van der Waals surface area contributed by atoms with E-state index in [2.05, 4.69) is 16.0 Å². The fraction of sp³-hybridized carbons (Fsp3) is 0.750. The number of likely N-dealkylation sites (N-methyl/N-ethyl adjacent to an activating group) is 1. The van der Waals surface area contributed by atoms with E-state index in [4.69, 9.17) is 0 Å². The lowest BCUT2D eigenvalue weighted by Crippen LogP contribution is -2.44. The van der Waals surface area contributed by atoms with Crippen LogP contribution in [-0.2, 0) is 4.79 Å². The van der Waals surface area contributed by atoms with Crippen molar-refractivity contribution in [3.05, 3.63) is 0 Å². The van der Waals surface area contributed by atoms with Gasteiger partial charge in [0.15, 0.2) is 0 Å². The van der Waals surface area contributed by atoms with Gasteiger partial charge in [-0.2, -0.15) is 0 Å². The van der Waals surface area contributed by atoms with Gasteiger partial charge in [0.25, 0.3) is 0 Å². The summed E-state index contributed by atoms with van der Waals surface area (Å²) in [4.78, 5) is 21.8. The van der Waals surface area contributed by atoms with Gasteiger partial charge in [0.1, 0.15) is 0 Å². The highest BCUT2D eigenvalue weighted by Crippen LogP contribution is 1.75. The van der Waals surface area contributed by atoms with Crippen LogP contribution in [0.25, 0.3) is 0 Å². The molecule has 0 bridgehead atoms. The van der Waals surface area contributed by atoms with Crippen LogP contribution in [0.15, 0.2) is 0 Å². The molecule has 3 N–H and O–H groups in total. The van der Waals surface area contributed by atoms with Crippen LogP contribution < -0.4 is 16.0 Å². The number of amides is 3. The molecule has 76 valence electrons. The van der Waals surface area contributed by atoms with E-state index >= 15 is 0 Å². The largest absolute Gasteiger partial charge is 0.355 e. The van der Waals surface area contributed by atoms with Crippen LogP contribution in [0.2, 0.25) is 0 Å². The Hall–Kier alpha value is -1.26. The van der Waals surface area contributed by atoms with Crippen molar-refractivity contribution in [1.29, 1.82) is 0 Å². The average molecular weight is 187 g/mol. The minimum absolute atomic E-state index is 0.0202. The van der Waals surface area contributed by atoms with Gasteiger partial charge in [-0.15, -0.1) is 0 Å². The quantitative estimate of drug-likeness (QED) is 0.572. The van der Waals surface area contributed by atoms with Gasteiger partial charge < -0.3 is 16.0 Å². The minimum Gasteiger partial charge on any atom is -0.355 e. The Labute approximate surface area is 78.3 Å². The average Bonchev–Trinajstić information content (AvgIpc) is 2.00. The van der Waals surface area contributed by atoms with Crippen LogP contribution in [-0.4, -0.2) is 31.1 Å². The zero-order valence-electron chi connectivity index (χ0n) is 8.31. The monoisotopic (exact) mass is 187 g/mol. The summed E-state index contributed by atoms with van der Waals surface area (Å²) >= 11 is 0. The molecule has 0 aliphatic carbocycles. The van der Waals surface area contributed by atoms with Crippen molar-refractivity contribution in [3.63, 3.8) is 0 Å². The molecule has 0 aliphatic heterocycles. The van der Waals surface area contributed by atoms with E-state index in [1.807, 2.05) is 20.8 Å². The lowest BCUT2D eigenvalue weighted by Gasteiger charge is -2.09. The first-order valence-electron chi connectivity index (χ1n) is 4.37. The van der Waals surface area contributed by atoms with Crippen LogP contribution in [0.5, 0.6) is 0 Å². The third kappa shape index (κ3) is 7.11. The Morgan fingerprint density at radius 1 is 1.23 bits per heavy atom. The molecule has 5 heteroatoms. The summed E-state index contributed by atoms with van der Waals surface area (Å²) in [5, 5.41) is 7.62. The molecular formula is C8H17N3O2. The number of hydrogen-bond acceptors (Lipinski definition) is 2. The van der Waals surface area contributed by atoms with Gasteiger partial charge in [-0.1, -0.05) is 0 Å². The third-order valence-electron chi connectivity index (χ3n) is 1.20. The highest BCUT2D eigenvalue weighted by Gasteiger charge is 2.04. The number of carbonyl (C=O) groups is 2. The van der Waals surface area contributed by atoms with Crippen molar-refractivity contribution in [3.8, 4) is 0 Å². The van der Waals surface area contributed by atoms with Crippen LogP contribution in [0.1, 0.15) is 20.8 Å². The lowest BCUT2D eigenvalue weighted by atomic mass is 10.4. The molecule has 0 heterocycles. The van der Waals surface area contributed by atoms with Crippen molar-refractivity contribution < 1.29 is 9.59 Å². The SMILES string of the molecule is CCNC(=O)CNC(=O)NC(C)C. The number of carbonyl (C=O) groups excluding carboxylic acids is 2. The molecule has 0 atom stereocenters. The van der Waals surface area contributed by atoms with Gasteiger partial charge in [0, 0.05) is 12.6 Å². The summed E-state index contributed by atoms with van der Waals surface area (Å²) in [5.74, 6) is -0.179. The van der Waals surface area contributed by atoms with Crippen LogP contribution in [0.4, 0.5) is 4.79 Å². The lowest BCUT2D eigenvalue weighted by molar-refractivity contribution is -0.119. The highest BCUT2D eigenvalue weighted by atomic mass is 16.2. The maximum Gasteiger partial charge on any atom is 0.315 e. The normalized spacial score (nSPS) is 9.54. The molecule has 0 unspecified atom stereocenters.